The molecule has 1 aliphatic heterocycles. The van der Waals surface area contributed by atoms with Crippen molar-refractivity contribution in [2.75, 3.05) is 0 Å². The van der Waals surface area contributed by atoms with Crippen LogP contribution in [0.15, 0.2) is 30.3 Å². The van der Waals surface area contributed by atoms with E-state index in [1.165, 1.54) is 13.0 Å². The van der Waals surface area contributed by atoms with Crippen LogP contribution in [0.4, 0.5) is 0 Å². The second kappa shape index (κ2) is 3.91. The summed E-state index contributed by atoms with van der Waals surface area (Å²) < 4.78 is 12.6. The summed E-state index contributed by atoms with van der Waals surface area (Å²) in [6.45, 7) is 1.22. The Morgan fingerprint density at radius 2 is 2.00 bits per heavy atom. The predicted octanol–water partition coefficient (Wildman–Crippen LogP) is 1.65. The minimum Gasteiger partial charge on any atom is -0.426 e. The molecule has 0 aliphatic carbocycles. The number of carbonyl (C=O) groups is 3. The second-order valence-electron chi connectivity index (χ2n) is 4.16. The zero-order valence-corrected chi connectivity index (χ0v) is 9.97. The molecule has 0 saturated heterocycles. The molecule has 0 atom stereocenters. The third-order valence-corrected chi connectivity index (χ3v) is 2.91. The van der Waals surface area contributed by atoms with Gasteiger partial charge < -0.3 is 4.74 Å². The summed E-state index contributed by atoms with van der Waals surface area (Å²) in [6, 6.07) is 8.12. The molecule has 0 aromatic heterocycles. The zero-order chi connectivity index (χ0) is 14.4. The number of imide groups is 1. The van der Waals surface area contributed by atoms with Gasteiger partial charge in [-0.2, -0.15) is 0 Å². The average Bonchev–Trinajstić information content (AvgIpc) is 2.42. The van der Waals surface area contributed by atoms with Crippen LogP contribution in [-0.4, -0.2) is 17.8 Å². The summed E-state index contributed by atoms with van der Waals surface area (Å²) in [5.41, 5.74) is 0.323. The monoisotopic (exact) mass is 256 g/mol. The van der Waals surface area contributed by atoms with Crippen molar-refractivity contribution in [1.29, 1.82) is 0 Å². The molecule has 0 bridgehead atoms. The summed E-state index contributed by atoms with van der Waals surface area (Å²) >= 11 is 0. The molecule has 1 N–H and O–H groups in total. The molecule has 5 heteroatoms. The minimum absolute atomic E-state index is 0.0622. The maximum absolute atomic E-state index is 12.1. The van der Waals surface area contributed by atoms with Crippen LogP contribution in [0.1, 0.15) is 27.6 Å². The number of esters is 1. The van der Waals surface area contributed by atoms with E-state index in [9.17, 15) is 14.4 Å². The van der Waals surface area contributed by atoms with Crippen LogP contribution in [0.2, 0.25) is 1.41 Å². The Morgan fingerprint density at radius 1 is 1.21 bits per heavy atom. The van der Waals surface area contributed by atoms with Crippen molar-refractivity contribution in [3.8, 4) is 5.75 Å². The number of hydrogen-bond donors (Lipinski definition) is 1. The highest BCUT2D eigenvalue weighted by atomic mass is 16.5. The van der Waals surface area contributed by atoms with Crippen LogP contribution in [0.25, 0.3) is 10.8 Å². The van der Waals surface area contributed by atoms with E-state index < -0.39 is 17.8 Å². The lowest BCUT2D eigenvalue weighted by molar-refractivity contribution is -0.131. The Balaban J connectivity index is 2.41. The van der Waals surface area contributed by atoms with Gasteiger partial charge in [-0.1, -0.05) is 18.2 Å². The third kappa shape index (κ3) is 1.67. The van der Waals surface area contributed by atoms with Gasteiger partial charge in [0.05, 0.1) is 5.56 Å². The minimum atomic E-state index is -0.796. The van der Waals surface area contributed by atoms with Crippen LogP contribution in [0, 0.1) is 0 Å². The van der Waals surface area contributed by atoms with Crippen molar-refractivity contribution < 1.29 is 20.5 Å². The fourth-order valence-electron chi connectivity index (χ4n) is 2.20. The Kier molecular flexibility index (Phi) is 2.11. The maximum Gasteiger partial charge on any atom is 0.308 e. The molecule has 1 heterocycles. The first-order chi connectivity index (χ1) is 9.50. The van der Waals surface area contributed by atoms with Gasteiger partial charge in [-0.05, 0) is 17.5 Å². The normalized spacial score (nSPS) is 14.6. The van der Waals surface area contributed by atoms with Gasteiger partial charge in [0.15, 0.2) is 1.41 Å². The Labute approximate surface area is 109 Å². The first-order valence-electron chi connectivity index (χ1n) is 6.07. The summed E-state index contributed by atoms with van der Waals surface area (Å²) in [4.78, 5) is 35.2. The molecule has 94 valence electrons. The third-order valence-electron chi connectivity index (χ3n) is 2.91. The standard InChI is InChI=1S/C14H9NO4/c1-7(16)19-10-6-5-8-3-2-4-9-11(8)12(10)14(18)15-13(9)17/h2-6H,1H3,(H,15,17,18)/i/hD. The molecule has 19 heavy (non-hydrogen) atoms. The molecular formula is C14H9NO4. The predicted molar refractivity (Wildman–Crippen MR) is 67.1 cm³/mol. The SMILES string of the molecule is [2H]N1C(=O)c2cccc3ccc(OC(C)=O)c(c23)C1=O. The molecule has 0 radical (unpaired) electrons. The van der Waals surface area contributed by atoms with E-state index in [2.05, 4.69) is 0 Å². The Hall–Kier alpha value is -2.69. The lowest BCUT2D eigenvalue weighted by Gasteiger charge is -2.18. The highest BCUT2D eigenvalue weighted by molar-refractivity contribution is 6.26. The lowest BCUT2D eigenvalue weighted by atomic mass is 9.94. The van der Waals surface area contributed by atoms with E-state index in [0.29, 0.717) is 10.8 Å². The molecule has 2 aromatic carbocycles. The van der Waals surface area contributed by atoms with Gasteiger partial charge in [0.25, 0.3) is 11.8 Å². The van der Waals surface area contributed by atoms with Crippen LogP contribution in [0.3, 0.4) is 0 Å². The van der Waals surface area contributed by atoms with Gasteiger partial charge in [-0.15, -0.1) is 0 Å². The van der Waals surface area contributed by atoms with Crippen molar-refractivity contribution in [2.24, 2.45) is 0 Å². The molecule has 0 fully saturated rings. The van der Waals surface area contributed by atoms with Crippen LogP contribution < -0.4 is 10.0 Å². The molecular weight excluding hydrogens is 246 g/mol. The average molecular weight is 256 g/mol. The van der Waals surface area contributed by atoms with Gasteiger partial charge in [-0.3, -0.25) is 19.7 Å². The van der Waals surface area contributed by atoms with Crippen LogP contribution >= 0.6 is 0 Å². The fraction of sp³-hybridized carbons (Fsp3) is 0.0714. The molecule has 2 aromatic rings. The van der Waals surface area contributed by atoms with E-state index in [1.807, 2.05) is 0 Å². The Morgan fingerprint density at radius 3 is 2.74 bits per heavy atom. The van der Waals surface area contributed by atoms with E-state index in [-0.39, 0.29) is 22.2 Å². The summed E-state index contributed by atoms with van der Waals surface area (Å²) in [5.74, 6) is -1.99. The number of rotatable bonds is 1. The molecule has 3 rings (SSSR count). The van der Waals surface area contributed by atoms with Gasteiger partial charge >= 0.3 is 5.97 Å². The molecule has 0 unspecified atom stereocenters. The lowest BCUT2D eigenvalue weighted by Crippen LogP contribution is -2.35. The van der Waals surface area contributed by atoms with Gasteiger partial charge in [0.1, 0.15) is 5.75 Å². The number of benzene rings is 2. The number of carbonyl (C=O) groups excluding carboxylic acids is 3. The number of nitrogens with one attached hydrogen (secondary N) is 1. The zero-order valence-electron chi connectivity index (χ0n) is 11.0. The molecule has 0 spiro atoms. The first kappa shape index (κ1) is 10.3. The fourth-order valence-corrected chi connectivity index (χ4v) is 2.20. The highest BCUT2D eigenvalue weighted by Crippen LogP contribution is 2.33. The van der Waals surface area contributed by atoms with E-state index in [4.69, 9.17) is 6.15 Å². The van der Waals surface area contributed by atoms with Crippen molar-refractivity contribution >= 4 is 28.6 Å². The molecule has 0 saturated carbocycles. The summed E-state index contributed by atoms with van der Waals surface area (Å²) in [5, 5.41) is 1.39. The Bertz CT molecular complexity index is 784. The van der Waals surface area contributed by atoms with Gasteiger partial charge in [0.2, 0.25) is 0 Å². The molecule has 5 nitrogen and oxygen atoms in total. The van der Waals surface area contributed by atoms with E-state index in [1.54, 1.807) is 24.3 Å². The van der Waals surface area contributed by atoms with E-state index >= 15 is 0 Å². The number of amides is 2. The van der Waals surface area contributed by atoms with Crippen LogP contribution in [-0.2, 0) is 4.79 Å². The molecule has 1 aliphatic rings. The van der Waals surface area contributed by atoms with Gasteiger partial charge in [0, 0.05) is 17.9 Å². The largest absolute Gasteiger partial charge is 0.426 e. The topological polar surface area (TPSA) is 72.5 Å². The summed E-state index contributed by atoms with van der Waals surface area (Å²) in [6.07, 6.45) is 0. The maximum atomic E-state index is 12.1. The highest BCUT2D eigenvalue weighted by Gasteiger charge is 2.28. The first-order valence-corrected chi connectivity index (χ1v) is 5.62. The van der Waals surface area contributed by atoms with Crippen molar-refractivity contribution in [2.45, 2.75) is 6.92 Å². The van der Waals surface area contributed by atoms with Crippen molar-refractivity contribution in [3.63, 3.8) is 0 Å². The van der Waals surface area contributed by atoms with Gasteiger partial charge in [-0.25, -0.2) is 0 Å². The quantitative estimate of drug-likeness (QED) is 0.478. The van der Waals surface area contributed by atoms with Crippen molar-refractivity contribution in [3.05, 3.63) is 41.5 Å². The van der Waals surface area contributed by atoms with Crippen LogP contribution in [0.5, 0.6) is 5.75 Å². The number of hydrogen-bond acceptors (Lipinski definition) is 4. The number of ether oxygens (including phenoxy) is 1. The smallest absolute Gasteiger partial charge is 0.308 e. The van der Waals surface area contributed by atoms with E-state index in [0.717, 1.165) is 0 Å². The van der Waals surface area contributed by atoms with Crippen molar-refractivity contribution in [1.82, 2.24) is 5.31 Å². The molecule has 2 amide bonds. The summed E-state index contributed by atoms with van der Waals surface area (Å²) in [7, 11) is 0. The second-order valence-corrected chi connectivity index (χ2v) is 4.16.